The van der Waals surface area contributed by atoms with E-state index in [1.165, 1.54) is 5.56 Å². The van der Waals surface area contributed by atoms with Crippen LogP contribution in [0.15, 0.2) is 59.5 Å². The number of halogens is 2. The van der Waals surface area contributed by atoms with Crippen LogP contribution in [0.3, 0.4) is 0 Å². The summed E-state index contributed by atoms with van der Waals surface area (Å²) in [7, 11) is 0. The summed E-state index contributed by atoms with van der Waals surface area (Å²) in [5, 5.41) is 0. The Kier molecular flexibility index (Phi) is 4.15. The highest BCUT2D eigenvalue weighted by molar-refractivity contribution is 7.98. The highest BCUT2D eigenvalue weighted by Crippen LogP contribution is 2.41. The van der Waals surface area contributed by atoms with Crippen molar-refractivity contribution in [3.8, 4) is 5.75 Å². The van der Waals surface area contributed by atoms with Crippen LogP contribution >= 0.6 is 11.8 Å². The van der Waals surface area contributed by atoms with Crippen molar-refractivity contribution in [2.45, 2.75) is 35.5 Å². The molecule has 1 fully saturated rings. The van der Waals surface area contributed by atoms with Crippen molar-refractivity contribution in [1.82, 2.24) is 0 Å². The number of para-hydroxylation sites is 1. The Morgan fingerprint density at radius 2 is 1.67 bits per heavy atom. The van der Waals surface area contributed by atoms with Gasteiger partial charge in [-0.15, -0.1) is 11.8 Å². The van der Waals surface area contributed by atoms with E-state index in [1.807, 2.05) is 42.5 Å². The first kappa shape index (κ1) is 14.4. The summed E-state index contributed by atoms with van der Waals surface area (Å²) < 4.78 is 31.5. The van der Waals surface area contributed by atoms with E-state index in [9.17, 15) is 8.78 Å². The molecule has 0 atom stereocenters. The molecule has 0 amide bonds. The third-order valence-electron chi connectivity index (χ3n) is 3.43. The van der Waals surface area contributed by atoms with Gasteiger partial charge in [0.25, 0.3) is 5.92 Å². The maximum absolute atomic E-state index is 12.9. The predicted molar refractivity (Wildman–Crippen MR) is 81.0 cm³/mol. The van der Waals surface area contributed by atoms with Gasteiger partial charge in [0, 0.05) is 23.5 Å². The SMILES string of the molecule is FC1(F)CC(Oc2ccccc2SCc2ccccc2)C1. The molecule has 110 valence electrons. The van der Waals surface area contributed by atoms with Crippen LogP contribution in [-0.2, 0) is 5.75 Å². The van der Waals surface area contributed by atoms with Crippen molar-refractivity contribution in [3.05, 3.63) is 60.2 Å². The van der Waals surface area contributed by atoms with Crippen molar-refractivity contribution in [2.24, 2.45) is 0 Å². The van der Waals surface area contributed by atoms with Crippen LogP contribution < -0.4 is 4.74 Å². The molecule has 0 spiro atoms. The molecule has 4 heteroatoms. The zero-order chi connectivity index (χ0) is 14.7. The first-order chi connectivity index (χ1) is 10.1. The Bertz CT molecular complexity index is 593. The van der Waals surface area contributed by atoms with Gasteiger partial charge in [0.05, 0.1) is 0 Å². The third-order valence-corrected chi connectivity index (χ3v) is 4.56. The van der Waals surface area contributed by atoms with Crippen molar-refractivity contribution in [3.63, 3.8) is 0 Å². The number of rotatable bonds is 5. The number of hydrogen-bond donors (Lipinski definition) is 0. The fourth-order valence-corrected chi connectivity index (χ4v) is 3.22. The van der Waals surface area contributed by atoms with E-state index >= 15 is 0 Å². The van der Waals surface area contributed by atoms with Gasteiger partial charge in [-0.05, 0) is 17.7 Å². The van der Waals surface area contributed by atoms with E-state index < -0.39 is 5.92 Å². The maximum Gasteiger partial charge on any atom is 0.255 e. The summed E-state index contributed by atoms with van der Waals surface area (Å²) in [6, 6.07) is 17.8. The third kappa shape index (κ3) is 3.76. The number of thioether (sulfide) groups is 1. The zero-order valence-corrected chi connectivity index (χ0v) is 12.3. The minimum absolute atomic E-state index is 0.176. The molecule has 0 N–H and O–H groups in total. The first-order valence-electron chi connectivity index (χ1n) is 6.93. The van der Waals surface area contributed by atoms with Crippen LogP contribution in [0.2, 0.25) is 0 Å². The second-order valence-corrected chi connectivity index (χ2v) is 6.24. The lowest BCUT2D eigenvalue weighted by atomic mass is 9.91. The number of ether oxygens (including phenoxy) is 1. The van der Waals surface area contributed by atoms with Crippen LogP contribution in [0.25, 0.3) is 0 Å². The van der Waals surface area contributed by atoms with Gasteiger partial charge in [-0.25, -0.2) is 8.78 Å². The lowest BCUT2D eigenvalue weighted by Crippen LogP contribution is -2.43. The van der Waals surface area contributed by atoms with Gasteiger partial charge < -0.3 is 4.74 Å². The van der Waals surface area contributed by atoms with Gasteiger partial charge in [0.1, 0.15) is 11.9 Å². The van der Waals surface area contributed by atoms with Crippen molar-refractivity contribution < 1.29 is 13.5 Å². The van der Waals surface area contributed by atoms with Gasteiger partial charge in [-0.2, -0.15) is 0 Å². The molecule has 21 heavy (non-hydrogen) atoms. The van der Waals surface area contributed by atoms with Gasteiger partial charge in [0.2, 0.25) is 0 Å². The monoisotopic (exact) mass is 306 g/mol. The van der Waals surface area contributed by atoms with Crippen molar-refractivity contribution >= 4 is 11.8 Å². The summed E-state index contributed by atoms with van der Waals surface area (Å²) in [5.41, 5.74) is 1.23. The van der Waals surface area contributed by atoms with E-state index in [0.717, 1.165) is 10.6 Å². The van der Waals surface area contributed by atoms with Gasteiger partial charge >= 0.3 is 0 Å². The summed E-state index contributed by atoms with van der Waals surface area (Å²) in [5.74, 6) is -1.00. The predicted octanol–water partition coefficient (Wildman–Crippen LogP) is 5.16. The largest absolute Gasteiger partial charge is 0.489 e. The van der Waals surface area contributed by atoms with Crippen LogP contribution in [0, 0.1) is 0 Å². The van der Waals surface area contributed by atoms with Gasteiger partial charge in [-0.1, -0.05) is 42.5 Å². The summed E-state index contributed by atoms with van der Waals surface area (Å²) in [6.45, 7) is 0. The Hall–Kier alpha value is -1.55. The molecule has 0 aliphatic heterocycles. The Balaban J connectivity index is 1.63. The highest BCUT2D eigenvalue weighted by atomic mass is 32.2. The highest BCUT2D eigenvalue weighted by Gasteiger charge is 2.47. The average Bonchev–Trinajstić information content (AvgIpc) is 2.45. The molecule has 0 unspecified atom stereocenters. The van der Waals surface area contributed by atoms with E-state index in [-0.39, 0.29) is 18.9 Å². The van der Waals surface area contributed by atoms with E-state index in [1.54, 1.807) is 11.8 Å². The molecule has 2 aromatic carbocycles. The molecule has 0 saturated heterocycles. The van der Waals surface area contributed by atoms with Crippen LogP contribution in [-0.4, -0.2) is 12.0 Å². The number of hydrogen-bond acceptors (Lipinski definition) is 2. The van der Waals surface area contributed by atoms with Crippen LogP contribution in [0.4, 0.5) is 8.78 Å². The minimum Gasteiger partial charge on any atom is -0.489 e. The standard InChI is InChI=1S/C17H16F2OS/c18-17(19)10-14(11-17)20-15-8-4-5-9-16(15)21-12-13-6-2-1-3-7-13/h1-9,14H,10-12H2. The summed E-state index contributed by atoms with van der Waals surface area (Å²) in [6.07, 6.45) is -0.714. The number of alkyl halides is 2. The van der Waals surface area contributed by atoms with Crippen molar-refractivity contribution in [2.75, 3.05) is 0 Å². The minimum atomic E-state index is -2.54. The van der Waals surface area contributed by atoms with E-state index in [2.05, 4.69) is 12.1 Å². The Morgan fingerprint density at radius 3 is 2.38 bits per heavy atom. The first-order valence-corrected chi connectivity index (χ1v) is 7.91. The Labute approximate surface area is 127 Å². The quantitative estimate of drug-likeness (QED) is 0.706. The van der Waals surface area contributed by atoms with E-state index in [4.69, 9.17) is 4.74 Å². The molecule has 1 nitrogen and oxygen atoms in total. The molecule has 0 radical (unpaired) electrons. The average molecular weight is 306 g/mol. The molecule has 1 aliphatic rings. The lowest BCUT2D eigenvalue weighted by Gasteiger charge is -2.35. The lowest BCUT2D eigenvalue weighted by molar-refractivity contribution is -0.135. The second kappa shape index (κ2) is 6.06. The topological polar surface area (TPSA) is 9.23 Å². The fraction of sp³-hybridized carbons (Fsp3) is 0.294. The summed E-state index contributed by atoms with van der Waals surface area (Å²) in [4.78, 5) is 0.997. The van der Waals surface area contributed by atoms with Gasteiger partial charge in [0.15, 0.2) is 0 Å². The molecule has 1 aliphatic carbocycles. The van der Waals surface area contributed by atoms with E-state index in [0.29, 0.717) is 5.75 Å². The summed E-state index contributed by atoms with van der Waals surface area (Å²) >= 11 is 1.66. The smallest absolute Gasteiger partial charge is 0.255 e. The molecule has 3 rings (SSSR count). The Morgan fingerprint density at radius 1 is 1.00 bits per heavy atom. The molecule has 1 saturated carbocycles. The molecule has 0 aromatic heterocycles. The normalized spacial score (nSPS) is 17.2. The number of benzene rings is 2. The van der Waals surface area contributed by atoms with Crippen LogP contribution in [0.1, 0.15) is 18.4 Å². The fourth-order valence-electron chi connectivity index (χ4n) is 2.27. The molecule has 0 heterocycles. The zero-order valence-electron chi connectivity index (χ0n) is 11.5. The maximum atomic E-state index is 12.9. The molecular weight excluding hydrogens is 290 g/mol. The second-order valence-electron chi connectivity index (χ2n) is 5.23. The van der Waals surface area contributed by atoms with Crippen molar-refractivity contribution in [1.29, 1.82) is 0 Å². The molecule has 2 aromatic rings. The van der Waals surface area contributed by atoms with Crippen LogP contribution in [0.5, 0.6) is 5.75 Å². The van der Waals surface area contributed by atoms with Gasteiger partial charge in [-0.3, -0.25) is 0 Å². The molecule has 0 bridgehead atoms. The molecular formula is C17H16F2OS.